The Morgan fingerprint density at radius 1 is 1.18 bits per heavy atom. The lowest BCUT2D eigenvalue weighted by Crippen LogP contribution is -2.44. The number of nitrogens with one attached hydrogen (secondary N) is 1. The molecule has 1 amide bonds. The molecule has 0 unspecified atom stereocenters. The second-order valence-corrected chi connectivity index (χ2v) is 9.16. The Bertz CT molecular complexity index is 1140. The first-order valence-corrected chi connectivity index (χ1v) is 11.9. The van der Waals surface area contributed by atoms with Crippen LogP contribution in [0.4, 0.5) is 0 Å². The first-order valence-electron chi connectivity index (χ1n) is 9.83. The van der Waals surface area contributed by atoms with Crippen LogP contribution in [0.2, 0.25) is 15.1 Å². The van der Waals surface area contributed by atoms with Crippen LogP contribution in [-0.4, -0.2) is 25.6 Å². The molecule has 0 aliphatic carbocycles. The van der Waals surface area contributed by atoms with E-state index in [2.05, 4.69) is 11.4 Å². The number of nitriles is 1. The minimum absolute atomic E-state index is 0.193. The van der Waals surface area contributed by atoms with Crippen molar-refractivity contribution in [3.05, 3.63) is 73.2 Å². The van der Waals surface area contributed by atoms with Gasteiger partial charge in [0.1, 0.15) is 5.92 Å². The molecule has 0 saturated carbocycles. The highest BCUT2D eigenvalue weighted by Gasteiger charge is 2.44. The van der Waals surface area contributed by atoms with E-state index < -0.39 is 23.7 Å². The highest BCUT2D eigenvalue weighted by atomic mass is 35.5. The largest absolute Gasteiger partial charge is 0.491 e. The van der Waals surface area contributed by atoms with Crippen molar-refractivity contribution in [2.75, 3.05) is 13.7 Å². The molecule has 2 aromatic rings. The van der Waals surface area contributed by atoms with Crippen molar-refractivity contribution in [1.82, 2.24) is 5.32 Å². The topological polar surface area (TPSA) is 88.4 Å². The number of carbonyl (C=O) groups excluding carboxylic acids is 2. The number of methoxy groups -OCH3 is 1. The number of ether oxygens (including phenoxy) is 2. The van der Waals surface area contributed by atoms with E-state index in [0.717, 1.165) is 5.56 Å². The minimum Gasteiger partial charge on any atom is -0.491 e. The second-order valence-electron chi connectivity index (χ2n) is 6.95. The number of amides is 1. The fourth-order valence-corrected chi connectivity index (χ4v) is 5.43. The molecule has 1 heterocycles. The van der Waals surface area contributed by atoms with Crippen molar-refractivity contribution in [2.24, 2.45) is 5.92 Å². The maximum absolute atomic E-state index is 13.0. The summed E-state index contributed by atoms with van der Waals surface area (Å²) >= 11 is 20.2. The van der Waals surface area contributed by atoms with Crippen LogP contribution in [0.1, 0.15) is 24.0 Å². The molecule has 2 atom stereocenters. The molecule has 1 aliphatic heterocycles. The summed E-state index contributed by atoms with van der Waals surface area (Å²) in [5.74, 6) is -2.92. The summed E-state index contributed by atoms with van der Waals surface area (Å²) in [4.78, 5) is 25.5. The second kappa shape index (κ2) is 11.2. The molecule has 33 heavy (non-hydrogen) atoms. The van der Waals surface area contributed by atoms with Crippen LogP contribution in [0, 0.1) is 17.2 Å². The van der Waals surface area contributed by atoms with Gasteiger partial charge < -0.3 is 14.8 Å². The van der Waals surface area contributed by atoms with E-state index in [1.807, 2.05) is 18.2 Å². The van der Waals surface area contributed by atoms with E-state index in [-0.39, 0.29) is 21.4 Å². The van der Waals surface area contributed by atoms with Crippen molar-refractivity contribution in [3.8, 4) is 11.8 Å². The van der Waals surface area contributed by atoms with Gasteiger partial charge in [-0.3, -0.25) is 9.59 Å². The number of esters is 1. The number of hydrogen-bond acceptors (Lipinski definition) is 6. The quantitative estimate of drug-likeness (QED) is 0.368. The molecular formula is C23H19Cl3N2O4S. The third-order valence-corrected chi connectivity index (χ3v) is 6.98. The van der Waals surface area contributed by atoms with Crippen LogP contribution < -0.4 is 10.1 Å². The number of carbonyl (C=O) groups is 2. The summed E-state index contributed by atoms with van der Waals surface area (Å²) in [6.45, 7) is 2.14. The molecule has 0 spiro atoms. The van der Waals surface area contributed by atoms with Gasteiger partial charge in [-0.2, -0.15) is 5.26 Å². The summed E-state index contributed by atoms with van der Waals surface area (Å²) < 4.78 is 10.3. The van der Waals surface area contributed by atoms with E-state index in [1.54, 1.807) is 25.1 Å². The molecule has 172 valence electrons. The molecule has 6 nitrogen and oxygen atoms in total. The van der Waals surface area contributed by atoms with Gasteiger partial charge in [0.25, 0.3) is 0 Å². The lowest BCUT2D eigenvalue weighted by atomic mass is 9.78. The average Bonchev–Trinajstić information content (AvgIpc) is 2.79. The van der Waals surface area contributed by atoms with Gasteiger partial charge in [-0.15, -0.1) is 11.8 Å². The molecule has 1 N–H and O–H groups in total. The molecule has 0 saturated heterocycles. The Morgan fingerprint density at radius 3 is 2.42 bits per heavy atom. The van der Waals surface area contributed by atoms with E-state index in [9.17, 15) is 14.9 Å². The summed E-state index contributed by atoms with van der Waals surface area (Å²) in [6.07, 6.45) is 0. The van der Waals surface area contributed by atoms with Crippen LogP contribution in [0.3, 0.4) is 0 Å². The number of nitrogens with zero attached hydrogens (tertiary/aromatic N) is 1. The number of benzene rings is 2. The van der Waals surface area contributed by atoms with Crippen LogP contribution in [0.15, 0.2) is 47.0 Å². The number of rotatable bonds is 7. The zero-order valence-corrected chi connectivity index (χ0v) is 20.7. The van der Waals surface area contributed by atoms with Crippen molar-refractivity contribution in [3.63, 3.8) is 0 Å². The fraction of sp³-hybridized carbons (Fsp3) is 0.261. The fourth-order valence-electron chi connectivity index (χ4n) is 3.49. The zero-order chi connectivity index (χ0) is 24.1. The number of thioether (sulfide) groups is 1. The predicted octanol–water partition coefficient (Wildman–Crippen LogP) is 5.72. The molecule has 0 bridgehead atoms. The van der Waals surface area contributed by atoms with Gasteiger partial charge in [-0.25, -0.2) is 0 Å². The van der Waals surface area contributed by atoms with E-state index in [4.69, 9.17) is 44.3 Å². The first kappa shape index (κ1) is 25.3. The summed E-state index contributed by atoms with van der Waals surface area (Å²) in [5.41, 5.74) is 1.45. The smallest absolute Gasteiger partial charge is 0.319 e. The van der Waals surface area contributed by atoms with Gasteiger partial charge >= 0.3 is 5.97 Å². The zero-order valence-electron chi connectivity index (χ0n) is 17.7. The van der Waals surface area contributed by atoms with Gasteiger partial charge in [-0.1, -0.05) is 53.0 Å². The highest BCUT2D eigenvalue weighted by molar-refractivity contribution is 8.02. The van der Waals surface area contributed by atoms with Crippen molar-refractivity contribution >= 4 is 58.4 Å². The molecule has 0 radical (unpaired) electrons. The molecule has 0 fully saturated rings. The minimum atomic E-state index is -1.29. The van der Waals surface area contributed by atoms with Gasteiger partial charge in [-0.05, 0) is 36.2 Å². The van der Waals surface area contributed by atoms with Crippen LogP contribution >= 0.6 is 46.6 Å². The molecule has 0 aromatic heterocycles. The molecule has 10 heteroatoms. The van der Waals surface area contributed by atoms with E-state index >= 15 is 0 Å². The van der Waals surface area contributed by atoms with Crippen molar-refractivity contribution in [2.45, 2.75) is 18.6 Å². The third kappa shape index (κ3) is 5.42. The Hall–Kier alpha value is -2.37. The Balaban J connectivity index is 2.10. The van der Waals surface area contributed by atoms with Crippen molar-refractivity contribution < 1.29 is 19.1 Å². The van der Waals surface area contributed by atoms with Gasteiger partial charge in [0.2, 0.25) is 5.91 Å². The standard InChI is InChI=1S/C23H19Cl3N2O4S/c1-3-32-20-16(25)8-13(9-17(20)26)18-14(10-27)22(28-21(29)19(18)23(30)31-2)33-11-12-6-4-5-7-15(12)24/h4-9,18-19H,3,11H2,1-2H3,(H,28,29)/t18-,19-/m1/s1. The molecular weight excluding hydrogens is 507 g/mol. The SMILES string of the molecule is CCOc1c(Cl)cc([C@@H]2C(C#N)=C(SCc3ccccc3Cl)NC(=O)[C@@H]2C(=O)OC)cc1Cl. The number of halogens is 3. The Kier molecular flexibility index (Phi) is 8.55. The van der Waals surface area contributed by atoms with Crippen LogP contribution in [0.5, 0.6) is 5.75 Å². The normalized spacial score (nSPS) is 17.9. The highest BCUT2D eigenvalue weighted by Crippen LogP contribution is 2.44. The molecule has 1 aliphatic rings. The van der Waals surface area contributed by atoms with Crippen molar-refractivity contribution in [1.29, 1.82) is 5.26 Å². The Morgan fingerprint density at radius 2 is 1.85 bits per heavy atom. The Labute approximate surface area is 210 Å². The maximum Gasteiger partial charge on any atom is 0.319 e. The maximum atomic E-state index is 13.0. The van der Waals surface area contributed by atoms with Crippen LogP contribution in [-0.2, 0) is 20.1 Å². The van der Waals surface area contributed by atoms with E-state index in [1.165, 1.54) is 18.9 Å². The van der Waals surface area contributed by atoms with Gasteiger partial charge in [0.05, 0.1) is 40.4 Å². The van der Waals surface area contributed by atoms with Gasteiger partial charge in [0.15, 0.2) is 5.75 Å². The average molecular weight is 526 g/mol. The summed E-state index contributed by atoms with van der Waals surface area (Å²) in [6, 6.07) is 12.5. The number of hydrogen-bond donors (Lipinski definition) is 1. The predicted molar refractivity (Wildman–Crippen MR) is 129 cm³/mol. The summed E-state index contributed by atoms with van der Waals surface area (Å²) in [5, 5.41) is 14.0. The van der Waals surface area contributed by atoms with E-state index in [0.29, 0.717) is 28.0 Å². The lowest BCUT2D eigenvalue weighted by Gasteiger charge is -2.31. The lowest BCUT2D eigenvalue weighted by molar-refractivity contribution is -0.150. The third-order valence-electron chi connectivity index (χ3n) is 4.98. The monoisotopic (exact) mass is 524 g/mol. The first-order chi connectivity index (χ1) is 15.8. The number of allylic oxidation sites excluding steroid dienone is 1. The van der Waals surface area contributed by atoms with Crippen LogP contribution in [0.25, 0.3) is 0 Å². The molecule has 3 rings (SSSR count). The summed E-state index contributed by atoms with van der Waals surface area (Å²) in [7, 11) is 1.18. The van der Waals surface area contributed by atoms with Gasteiger partial charge in [0, 0.05) is 16.7 Å². The molecule has 2 aromatic carbocycles.